The van der Waals surface area contributed by atoms with E-state index >= 15 is 0 Å². The van der Waals surface area contributed by atoms with E-state index in [9.17, 15) is 26.3 Å². The minimum atomic E-state index is -4.17. The minimum Gasteiger partial charge on any atom is -0.223 e. The van der Waals surface area contributed by atoms with Gasteiger partial charge >= 0.3 is 12.1 Å². The zero-order valence-corrected chi connectivity index (χ0v) is 10.6. The van der Waals surface area contributed by atoms with E-state index in [1.807, 2.05) is 0 Å². The van der Waals surface area contributed by atoms with E-state index in [2.05, 4.69) is 46.4 Å². The third kappa shape index (κ3) is 7.92. The van der Waals surface area contributed by atoms with Crippen LogP contribution in [-0.2, 0) is 0 Å². The van der Waals surface area contributed by atoms with Crippen LogP contribution < -0.4 is 0 Å². The normalized spacial score (nSPS) is 15.2. The van der Waals surface area contributed by atoms with Gasteiger partial charge in [0.15, 0.2) is 0 Å². The lowest BCUT2D eigenvalue weighted by Crippen LogP contribution is -2.40. The lowest BCUT2D eigenvalue weighted by Gasteiger charge is -2.23. The van der Waals surface area contributed by atoms with Crippen molar-refractivity contribution in [1.82, 2.24) is 0 Å². The van der Waals surface area contributed by atoms with E-state index in [1.165, 1.54) is 0 Å². The van der Waals surface area contributed by atoms with E-state index in [1.54, 1.807) is 0 Å². The second kappa shape index (κ2) is 6.61. The average molecular weight is 334 g/mol. The molecule has 0 aromatic carbocycles. The fourth-order valence-corrected chi connectivity index (χ4v) is 0.742. The minimum absolute atomic E-state index is 0.729. The Kier molecular flexibility index (Phi) is 7.89. The van der Waals surface area contributed by atoms with E-state index in [0.29, 0.717) is 0 Å². The van der Waals surface area contributed by atoms with Gasteiger partial charge in [-0.15, -0.1) is 0 Å². The molecule has 0 heterocycles. The lowest BCUT2D eigenvalue weighted by atomic mass is 10.4. The molecule has 0 N–H and O–H groups in total. The van der Waals surface area contributed by atoms with E-state index < -0.39 is 27.9 Å². The fraction of sp³-hybridized carbons (Fsp3) is 1.00. The van der Waals surface area contributed by atoms with Crippen LogP contribution in [0, 0.1) is 0 Å². The number of hydrogen-bond acceptors (Lipinski definition) is 0. The molecule has 0 saturated heterocycles. The maximum absolute atomic E-state index is 12.2. The molecule has 10 heteroatoms. The van der Waals surface area contributed by atoms with Gasteiger partial charge < -0.3 is 0 Å². The van der Waals surface area contributed by atoms with Crippen molar-refractivity contribution in [3.8, 4) is 0 Å². The van der Waals surface area contributed by atoms with Crippen molar-refractivity contribution >= 4 is 46.4 Å². The highest BCUT2D eigenvalue weighted by atomic mass is 35.6. The van der Waals surface area contributed by atoms with Gasteiger partial charge in [0, 0.05) is 6.42 Å². The third-order valence-corrected chi connectivity index (χ3v) is 2.08. The van der Waals surface area contributed by atoms with E-state index in [-0.39, 0.29) is 0 Å². The first-order chi connectivity index (χ1) is 6.75. The zero-order chi connectivity index (χ0) is 13.8. The molecule has 0 aliphatic carbocycles. The predicted molar refractivity (Wildman–Crippen MR) is 52.3 cm³/mol. The van der Waals surface area contributed by atoms with Gasteiger partial charge in [-0.05, 0) is 0 Å². The Balaban J connectivity index is 0. The Morgan fingerprint density at radius 2 is 1.25 bits per heavy atom. The average Bonchev–Trinajstić information content (AvgIpc) is 2.01. The van der Waals surface area contributed by atoms with Crippen LogP contribution in [0.2, 0.25) is 0 Å². The summed E-state index contributed by atoms with van der Waals surface area (Å²) in [6.07, 6.45) is -4.69. The zero-order valence-electron chi connectivity index (χ0n) is 7.56. The van der Waals surface area contributed by atoms with Gasteiger partial charge in [0.25, 0.3) is 3.79 Å². The Morgan fingerprint density at radius 3 is 1.25 bits per heavy atom. The van der Waals surface area contributed by atoms with Gasteiger partial charge in [0.05, 0.1) is 0 Å². The summed E-state index contributed by atoms with van der Waals surface area (Å²) < 4.78 is 65.4. The van der Waals surface area contributed by atoms with Gasteiger partial charge in [0.2, 0.25) is 5.63 Å². The second-order valence-electron chi connectivity index (χ2n) is 2.39. The topological polar surface area (TPSA) is 0 Å². The summed E-state index contributed by atoms with van der Waals surface area (Å²) in [7, 11) is 0. The molecule has 0 aromatic heterocycles. The first-order valence-corrected chi connectivity index (χ1v) is 5.12. The molecule has 100 valence electrons. The van der Waals surface area contributed by atoms with Crippen LogP contribution in [0.1, 0.15) is 13.3 Å². The summed E-state index contributed by atoms with van der Waals surface area (Å²) in [4.78, 5) is 0. The molecule has 0 radical (unpaired) electrons. The van der Waals surface area contributed by atoms with Crippen LogP contribution in [0.15, 0.2) is 0 Å². The smallest absolute Gasteiger partial charge is 0.223 e. The quantitative estimate of drug-likeness (QED) is 0.440. The Bertz CT molecular complexity index is 196. The summed E-state index contributed by atoms with van der Waals surface area (Å²) in [5, 5.41) is 0. The standard InChI is InChI=1S/C3HCl4F3.C3H5F3/c4-1(8)2(9,10)3(5,6)7;1-2-3(4,5)6/h1H;2H2,1H3. The maximum Gasteiger partial charge on any atom is 0.388 e. The van der Waals surface area contributed by atoms with Crippen molar-refractivity contribution in [3.05, 3.63) is 0 Å². The maximum atomic E-state index is 12.2. The van der Waals surface area contributed by atoms with Crippen LogP contribution in [0.3, 0.4) is 0 Å². The summed E-state index contributed by atoms with van der Waals surface area (Å²) in [6, 6.07) is 0. The van der Waals surface area contributed by atoms with Gasteiger partial charge in [-0.1, -0.05) is 53.3 Å². The molecule has 0 nitrogen and oxygen atoms in total. The molecule has 1 atom stereocenters. The highest BCUT2D eigenvalue weighted by Gasteiger charge is 2.56. The van der Waals surface area contributed by atoms with Crippen molar-refractivity contribution in [2.75, 3.05) is 0 Å². The largest absolute Gasteiger partial charge is 0.388 e. The monoisotopic (exact) mass is 332 g/mol. The number of halogens is 10. The third-order valence-electron chi connectivity index (χ3n) is 1.05. The van der Waals surface area contributed by atoms with Crippen molar-refractivity contribution < 1.29 is 26.3 Å². The van der Waals surface area contributed by atoms with Gasteiger partial charge in [-0.2, -0.15) is 22.0 Å². The van der Waals surface area contributed by atoms with Crippen LogP contribution >= 0.6 is 46.4 Å². The first kappa shape index (κ1) is 19.1. The molecule has 0 spiro atoms. The molecule has 0 rings (SSSR count). The molecule has 1 unspecified atom stereocenters. The summed E-state index contributed by atoms with van der Waals surface area (Å²) in [6.45, 7) is 1.08. The lowest BCUT2D eigenvalue weighted by molar-refractivity contribution is -0.130. The summed E-state index contributed by atoms with van der Waals surface area (Å²) in [5.41, 5.74) is -3.00. The van der Waals surface area contributed by atoms with Crippen LogP contribution in [-0.4, -0.2) is 21.5 Å². The molecular formula is C6H6Cl4F6. The number of rotatable bonds is 1. The highest BCUT2D eigenvalue weighted by Crippen LogP contribution is 2.46. The van der Waals surface area contributed by atoms with Crippen molar-refractivity contribution in [1.29, 1.82) is 0 Å². The first-order valence-electron chi connectivity index (χ1n) is 3.55. The second-order valence-corrected chi connectivity index (χ2v) is 5.05. The molecule has 0 amide bonds. The van der Waals surface area contributed by atoms with E-state index in [4.69, 9.17) is 0 Å². The molecule has 0 aliphatic rings. The Hall–Kier alpha value is 0.740. The van der Waals surface area contributed by atoms with Gasteiger partial charge in [0.1, 0.15) is 0 Å². The fourth-order valence-electron chi connectivity index (χ4n) is 0.124. The van der Waals surface area contributed by atoms with E-state index in [0.717, 1.165) is 6.92 Å². The van der Waals surface area contributed by atoms with Gasteiger partial charge in [-0.25, -0.2) is 4.39 Å². The van der Waals surface area contributed by atoms with Crippen molar-refractivity contribution in [2.24, 2.45) is 0 Å². The number of alkyl halides is 10. The predicted octanol–water partition coefficient (Wildman–Crippen LogP) is 5.49. The van der Waals surface area contributed by atoms with Crippen LogP contribution in [0.25, 0.3) is 0 Å². The Labute approximate surface area is 108 Å². The molecule has 0 fully saturated rings. The van der Waals surface area contributed by atoms with Gasteiger partial charge in [-0.3, -0.25) is 0 Å². The molecule has 16 heavy (non-hydrogen) atoms. The molecular weight excluding hydrogens is 328 g/mol. The molecule has 0 bridgehead atoms. The summed E-state index contributed by atoms with van der Waals surface area (Å²) >= 11 is 18.4. The molecule has 0 aromatic rings. The van der Waals surface area contributed by atoms with Crippen molar-refractivity contribution in [3.63, 3.8) is 0 Å². The molecule has 0 aliphatic heterocycles. The molecule has 0 saturated carbocycles. The highest BCUT2D eigenvalue weighted by molar-refractivity contribution is 6.68. The Morgan fingerprint density at radius 1 is 1.00 bits per heavy atom. The number of hydrogen-bond donors (Lipinski definition) is 0. The van der Waals surface area contributed by atoms with Crippen LogP contribution in [0.5, 0.6) is 0 Å². The van der Waals surface area contributed by atoms with Crippen LogP contribution in [0.4, 0.5) is 26.3 Å². The van der Waals surface area contributed by atoms with Crippen molar-refractivity contribution in [2.45, 2.75) is 34.9 Å². The summed E-state index contributed by atoms with van der Waals surface area (Å²) in [5.74, 6) is -4.17. The SMILES string of the molecule is CCC(F)(F)F.FC(Cl)C(F)(F)C(Cl)(Cl)Cl.